The fourth-order valence-electron chi connectivity index (χ4n) is 3.25. The van der Waals surface area contributed by atoms with Crippen LogP contribution in [0.1, 0.15) is 32.0 Å². The van der Waals surface area contributed by atoms with Gasteiger partial charge in [0.2, 0.25) is 0 Å². The van der Waals surface area contributed by atoms with E-state index in [4.69, 9.17) is 4.98 Å². The second kappa shape index (κ2) is 5.96. The summed E-state index contributed by atoms with van der Waals surface area (Å²) in [5.41, 5.74) is 2.38. The first-order chi connectivity index (χ1) is 9.79. The van der Waals surface area contributed by atoms with Crippen molar-refractivity contribution in [3.05, 3.63) is 30.1 Å². The van der Waals surface area contributed by atoms with Crippen LogP contribution in [0.2, 0.25) is 0 Å². The maximum Gasteiger partial charge on any atom is 0.109 e. The summed E-state index contributed by atoms with van der Waals surface area (Å²) < 4.78 is 2.27. The molecule has 0 aliphatic heterocycles. The molecule has 1 saturated carbocycles. The van der Waals surface area contributed by atoms with Crippen molar-refractivity contribution in [3.63, 3.8) is 0 Å². The third-order valence-corrected chi connectivity index (χ3v) is 4.73. The Bertz CT molecular complexity index is 573. The molecule has 1 aromatic carbocycles. The van der Waals surface area contributed by atoms with E-state index in [1.165, 1.54) is 37.1 Å². The molecule has 1 heterocycles. The predicted molar refractivity (Wildman–Crippen MR) is 83.8 cm³/mol. The lowest BCUT2D eigenvalue weighted by Crippen LogP contribution is -2.37. The summed E-state index contributed by atoms with van der Waals surface area (Å²) in [5.74, 6) is 2.91. The third-order valence-electron chi connectivity index (χ3n) is 4.73. The SMILES string of the molecule is CCCNCC1CCC1Cc1nc2ccccc2n1C. The number of para-hydroxylation sites is 2. The number of aryl methyl sites for hydroxylation is 1. The Hall–Kier alpha value is -1.35. The number of benzene rings is 1. The van der Waals surface area contributed by atoms with Gasteiger partial charge in [-0.3, -0.25) is 0 Å². The van der Waals surface area contributed by atoms with E-state index in [1.807, 2.05) is 0 Å². The van der Waals surface area contributed by atoms with Crippen LogP contribution in [0.25, 0.3) is 11.0 Å². The normalized spacial score (nSPS) is 22.1. The molecule has 1 aromatic heterocycles. The van der Waals surface area contributed by atoms with Crippen LogP contribution in [0.4, 0.5) is 0 Å². The summed E-state index contributed by atoms with van der Waals surface area (Å²) in [6, 6.07) is 8.43. The summed E-state index contributed by atoms with van der Waals surface area (Å²) >= 11 is 0. The molecule has 0 saturated heterocycles. The molecule has 2 unspecified atom stereocenters. The van der Waals surface area contributed by atoms with E-state index in [9.17, 15) is 0 Å². The molecule has 3 heteroatoms. The number of aromatic nitrogens is 2. The highest BCUT2D eigenvalue weighted by atomic mass is 15.1. The minimum absolute atomic E-state index is 0.815. The van der Waals surface area contributed by atoms with E-state index in [-0.39, 0.29) is 0 Å². The van der Waals surface area contributed by atoms with Crippen molar-refractivity contribution in [1.29, 1.82) is 0 Å². The Morgan fingerprint density at radius 1 is 1.25 bits per heavy atom. The van der Waals surface area contributed by atoms with E-state index in [2.05, 4.69) is 48.1 Å². The number of rotatable bonds is 6. The van der Waals surface area contributed by atoms with Crippen molar-refractivity contribution >= 4 is 11.0 Å². The maximum atomic E-state index is 4.81. The van der Waals surface area contributed by atoms with Gasteiger partial charge in [0.1, 0.15) is 5.82 Å². The van der Waals surface area contributed by atoms with Crippen molar-refractivity contribution in [2.24, 2.45) is 18.9 Å². The number of nitrogens with zero attached hydrogens (tertiary/aromatic N) is 2. The Kier molecular flexibility index (Phi) is 4.06. The average Bonchev–Trinajstić information content (AvgIpc) is 2.77. The summed E-state index contributed by atoms with van der Waals surface area (Å²) in [5, 5.41) is 3.57. The Balaban J connectivity index is 1.66. The molecule has 2 atom stereocenters. The number of hydrogen-bond donors (Lipinski definition) is 1. The lowest BCUT2D eigenvalue weighted by molar-refractivity contribution is 0.168. The number of fused-ring (bicyclic) bond motifs is 1. The van der Waals surface area contributed by atoms with Gasteiger partial charge < -0.3 is 9.88 Å². The van der Waals surface area contributed by atoms with Gasteiger partial charge in [0.05, 0.1) is 11.0 Å². The first-order valence-corrected chi connectivity index (χ1v) is 7.90. The van der Waals surface area contributed by atoms with Gasteiger partial charge in [0.15, 0.2) is 0 Å². The molecule has 1 aliphatic rings. The van der Waals surface area contributed by atoms with Crippen LogP contribution < -0.4 is 5.32 Å². The molecule has 3 nitrogen and oxygen atoms in total. The highest BCUT2D eigenvalue weighted by Gasteiger charge is 2.31. The first-order valence-electron chi connectivity index (χ1n) is 7.90. The van der Waals surface area contributed by atoms with E-state index < -0.39 is 0 Å². The molecule has 0 radical (unpaired) electrons. The van der Waals surface area contributed by atoms with E-state index >= 15 is 0 Å². The molecule has 0 bridgehead atoms. The van der Waals surface area contributed by atoms with Crippen molar-refractivity contribution in [1.82, 2.24) is 14.9 Å². The predicted octanol–water partition coefficient (Wildman–Crippen LogP) is 3.14. The van der Waals surface area contributed by atoms with Gasteiger partial charge in [-0.05, 0) is 56.3 Å². The monoisotopic (exact) mass is 271 g/mol. The standard InChI is InChI=1S/C17H25N3/c1-3-10-18-12-14-9-8-13(14)11-17-19-15-6-4-5-7-16(15)20(17)2/h4-7,13-14,18H,3,8-12H2,1-2H3. The van der Waals surface area contributed by atoms with E-state index in [0.29, 0.717) is 0 Å². The van der Waals surface area contributed by atoms with Crippen LogP contribution in [0.5, 0.6) is 0 Å². The fourth-order valence-corrected chi connectivity index (χ4v) is 3.25. The Labute approximate surface area is 121 Å². The molecule has 20 heavy (non-hydrogen) atoms. The van der Waals surface area contributed by atoms with Gasteiger partial charge in [0, 0.05) is 13.5 Å². The second-order valence-electron chi connectivity index (χ2n) is 6.08. The second-order valence-corrected chi connectivity index (χ2v) is 6.08. The third kappa shape index (κ3) is 2.59. The van der Waals surface area contributed by atoms with Crippen LogP contribution in [0, 0.1) is 11.8 Å². The lowest BCUT2D eigenvalue weighted by atomic mass is 9.71. The number of nitrogens with one attached hydrogen (secondary N) is 1. The fraction of sp³-hybridized carbons (Fsp3) is 0.588. The van der Waals surface area contributed by atoms with Crippen molar-refractivity contribution < 1.29 is 0 Å². The van der Waals surface area contributed by atoms with Crippen LogP contribution in [0.15, 0.2) is 24.3 Å². The van der Waals surface area contributed by atoms with Crippen LogP contribution in [-0.4, -0.2) is 22.6 Å². The molecule has 0 amide bonds. The minimum Gasteiger partial charge on any atom is -0.331 e. The quantitative estimate of drug-likeness (QED) is 0.818. The van der Waals surface area contributed by atoms with E-state index in [0.717, 1.165) is 30.3 Å². The largest absolute Gasteiger partial charge is 0.331 e. The van der Waals surface area contributed by atoms with Crippen molar-refractivity contribution in [2.75, 3.05) is 13.1 Å². The molecule has 3 rings (SSSR count). The van der Waals surface area contributed by atoms with Crippen LogP contribution in [0.3, 0.4) is 0 Å². The molecule has 1 aliphatic carbocycles. The molecule has 0 spiro atoms. The van der Waals surface area contributed by atoms with Crippen molar-refractivity contribution in [3.8, 4) is 0 Å². The van der Waals surface area contributed by atoms with Crippen molar-refractivity contribution in [2.45, 2.75) is 32.6 Å². The van der Waals surface area contributed by atoms with Crippen LogP contribution >= 0.6 is 0 Å². The number of imidazole rings is 1. The summed E-state index contributed by atoms with van der Waals surface area (Å²) in [6.07, 6.45) is 5.10. The van der Waals surface area contributed by atoms with Gasteiger partial charge >= 0.3 is 0 Å². The van der Waals surface area contributed by atoms with Gasteiger partial charge in [-0.2, -0.15) is 0 Å². The molecule has 1 N–H and O–H groups in total. The lowest BCUT2D eigenvalue weighted by Gasteiger charge is -2.36. The number of hydrogen-bond acceptors (Lipinski definition) is 2. The maximum absolute atomic E-state index is 4.81. The molecular formula is C17H25N3. The highest BCUT2D eigenvalue weighted by Crippen LogP contribution is 2.36. The molecular weight excluding hydrogens is 246 g/mol. The zero-order chi connectivity index (χ0) is 13.9. The molecule has 2 aromatic rings. The van der Waals surface area contributed by atoms with Gasteiger partial charge in [-0.1, -0.05) is 19.1 Å². The first kappa shape index (κ1) is 13.6. The average molecular weight is 271 g/mol. The van der Waals surface area contributed by atoms with E-state index in [1.54, 1.807) is 0 Å². The zero-order valence-electron chi connectivity index (χ0n) is 12.6. The van der Waals surface area contributed by atoms with Gasteiger partial charge in [-0.25, -0.2) is 4.98 Å². The minimum atomic E-state index is 0.815. The molecule has 1 fully saturated rings. The highest BCUT2D eigenvalue weighted by molar-refractivity contribution is 5.75. The Morgan fingerprint density at radius 2 is 2.05 bits per heavy atom. The summed E-state index contributed by atoms with van der Waals surface area (Å²) in [7, 11) is 2.15. The van der Waals surface area contributed by atoms with Crippen LogP contribution in [-0.2, 0) is 13.5 Å². The van der Waals surface area contributed by atoms with Gasteiger partial charge in [-0.15, -0.1) is 0 Å². The topological polar surface area (TPSA) is 29.9 Å². The summed E-state index contributed by atoms with van der Waals surface area (Å²) in [4.78, 5) is 4.81. The van der Waals surface area contributed by atoms with Gasteiger partial charge in [0.25, 0.3) is 0 Å². The molecule has 108 valence electrons. The Morgan fingerprint density at radius 3 is 2.75 bits per heavy atom. The summed E-state index contributed by atoms with van der Waals surface area (Å²) in [6.45, 7) is 4.56. The zero-order valence-corrected chi connectivity index (χ0v) is 12.6. The smallest absolute Gasteiger partial charge is 0.109 e.